The molecule has 2 rings (SSSR count). The topological polar surface area (TPSA) is 37.3 Å². The third-order valence-corrected chi connectivity index (χ3v) is 2.87. The molecule has 0 saturated heterocycles. The number of benzene rings is 1. The van der Waals surface area contributed by atoms with Crippen molar-refractivity contribution in [3.63, 3.8) is 0 Å². The van der Waals surface area contributed by atoms with Crippen LogP contribution in [0, 0.1) is 0 Å². The highest BCUT2D eigenvalue weighted by Gasteiger charge is 2.13. The van der Waals surface area contributed by atoms with E-state index in [1.54, 1.807) is 0 Å². The van der Waals surface area contributed by atoms with Crippen LogP contribution in [0.2, 0.25) is 0 Å². The maximum absolute atomic E-state index is 8.36. The van der Waals surface area contributed by atoms with E-state index in [1.165, 1.54) is 22.3 Å². The van der Waals surface area contributed by atoms with E-state index in [9.17, 15) is 0 Å². The molecule has 1 atom stereocenters. The number of hydrogen-bond donors (Lipinski definition) is 2. The summed E-state index contributed by atoms with van der Waals surface area (Å²) in [7, 11) is 0. The highest BCUT2D eigenvalue weighted by atomic mass is 32.1. The van der Waals surface area contributed by atoms with Gasteiger partial charge in [-0.15, -0.1) is 0 Å². The van der Waals surface area contributed by atoms with E-state index in [2.05, 4.69) is 44.3 Å². The summed E-state index contributed by atoms with van der Waals surface area (Å²) in [6, 6.07) is 6.80. The Kier molecular flexibility index (Phi) is 5.29. The maximum atomic E-state index is 8.36. The van der Waals surface area contributed by atoms with E-state index in [4.69, 9.17) is 9.90 Å². The van der Waals surface area contributed by atoms with Crippen LogP contribution in [0.25, 0.3) is 0 Å². The van der Waals surface area contributed by atoms with Gasteiger partial charge in [-0.25, -0.2) is 0 Å². The molecule has 1 aliphatic rings. The first-order valence-corrected chi connectivity index (χ1v) is 6.11. The Morgan fingerprint density at radius 3 is 2.65 bits per heavy atom. The molecule has 1 unspecified atom stereocenters. The number of thiol groups is 1. The van der Waals surface area contributed by atoms with Crippen LogP contribution in [-0.2, 0) is 24.1 Å². The summed E-state index contributed by atoms with van der Waals surface area (Å²) in [5.41, 5.74) is 5.68. The maximum Gasteiger partial charge on any atom is 0.290 e. The van der Waals surface area contributed by atoms with Crippen LogP contribution < -0.4 is 0 Å². The monoisotopic (exact) mass is 250 g/mol. The average Bonchev–Trinajstić information content (AvgIpc) is 2.57. The van der Waals surface area contributed by atoms with Crippen LogP contribution in [0.15, 0.2) is 30.4 Å². The van der Waals surface area contributed by atoms with E-state index >= 15 is 0 Å². The van der Waals surface area contributed by atoms with Crippen molar-refractivity contribution in [2.45, 2.75) is 31.4 Å². The second-order valence-corrected chi connectivity index (χ2v) is 5.25. The number of rotatable bonds is 2. The van der Waals surface area contributed by atoms with Gasteiger partial charge in [0.15, 0.2) is 0 Å². The summed E-state index contributed by atoms with van der Waals surface area (Å²) in [4.78, 5) is 8.36. The molecule has 2 nitrogen and oxygen atoms in total. The van der Waals surface area contributed by atoms with E-state index in [1.807, 2.05) is 0 Å². The Balaban J connectivity index is 0.000000437. The minimum atomic E-state index is -0.250. The predicted octanol–water partition coefficient (Wildman–Crippen LogP) is 2.90. The zero-order valence-electron chi connectivity index (χ0n) is 10.0. The van der Waals surface area contributed by atoms with Crippen LogP contribution in [0.4, 0.5) is 0 Å². The van der Waals surface area contributed by atoms with Crippen molar-refractivity contribution in [3.8, 4) is 0 Å². The van der Waals surface area contributed by atoms with Crippen LogP contribution in [-0.4, -0.2) is 16.8 Å². The van der Waals surface area contributed by atoms with Crippen molar-refractivity contribution < 1.29 is 9.90 Å². The quantitative estimate of drug-likeness (QED) is 0.481. The van der Waals surface area contributed by atoms with Crippen molar-refractivity contribution in [1.82, 2.24) is 0 Å². The summed E-state index contributed by atoms with van der Waals surface area (Å²) < 4.78 is 0. The Labute approximate surface area is 108 Å². The first-order chi connectivity index (χ1) is 8.06. The van der Waals surface area contributed by atoms with Gasteiger partial charge in [-0.05, 0) is 36.0 Å². The van der Waals surface area contributed by atoms with Crippen molar-refractivity contribution in [3.05, 3.63) is 47.0 Å². The third-order valence-electron chi connectivity index (χ3n) is 2.68. The molecular weight excluding hydrogens is 232 g/mol. The molecule has 1 aromatic carbocycles. The van der Waals surface area contributed by atoms with Gasteiger partial charge in [0.05, 0.1) is 0 Å². The molecule has 0 radical (unpaired) electrons. The molecule has 3 heteroatoms. The second-order valence-electron chi connectivity index (χ2n) is 4.37. The highest BCUT2D eigenvalue weighted by molar-refractivity contribution is 7.80. The van der Waals surface area contributed by atoms with Gasteiger partial charge in [-0.3, -0.25) is 4.79 Å². The van der Waals surface area contributed by atoms with Crippen LogP contribution in [0.1, 0.15) is 23.6 Å². The number of allylic oxidation sites excluding steroid dienone is 1. The lowest BCUT2D eigenvalue weighted by molar-refractivity contribution is -0.122. The van der Waals surface area contributed by atoms with Crippen LogP contribution in [0.3, 0.4) is 0 Å². The normalized spacial score (nSPS) is 14.6. The fourth-order valence-corrected chi connectivity index (χ4v) is 2.30. The summed E-state index contributed by atoms with van der Waals surface area (Å²) in [6.07, 6.45) is 3.21. The fraction of sp³-hybridized carbons (Fsp3) is 0.357. The highest BCUT2D eigenvalue weighted by Crippen LogP contribution is 2.26. The number of carbonyl (C=O) groups is 1. The van der Waals surface area contributed by atoms with Gasteiger partial charge >= 0.3 is 0 Å². The van der Waals surface area contributed by atoms with Crippen LogP contribution in [0.5, 0.6) is 0 Å². The van der Waals surface area contributed by atoms with Gasteiger partial charge in [-0.1, -0.05) is 37.3 Å². The van der Waals surface area contributed by atoms with Crippen molar-refractivity contribution >= 4 is 19.1 Å². The lowest BCUT2D eigenvalue weighted by Gasteiger charge is -2.06. The first-order valence-electron chi connectivity index (χ1n) is 5.60. The molecule has 0 aromatic heterocycles. The molecule has 0 amide bonds. The molecular formula is C14H18O2S. The molecule has 17 heavy (non-hydrogen) atoms. The van der Waals surface area contributed by atoms with Gasteiger partial charge in [0.25, 0.3) is 6.47 Å². The smallest absolute Gasteiger partial charge is 0.290 e. The van der Waals surface area contributed by atoms with Crippen molar-refractivity contribution in [1.29, 1.82) is 0 Å². The minimum Gasteiger partial charge on any atom is -0.483 e. The standard InChI is InChI=1S/C13H16S.CH2O2/c1-9-5-12-4-3-11(7-10(2)14)8-13(12)6-9;2-1-3/h3-4,8,10,14H,1,5-7H2,2H3;1H,(H,2,3). The largest absolute Gasteiger partial charge is 0.483 e. The average molecular weight is 250 g/mol. The zero-order chi connectivity index (χ0) is 12.8. The van der Waals surface area contributed by atoms with Crippen molar-refractivity contribution in [2.24, 2.45) is 0 Å². The van der Waals surface area contributed by atoms with Gasteiger partial charge in [0, 0.05) is 5.25 Å². The van der Waals surface area contributed by atoms with Gasteiger partial charge < -0.3 is 5.11 Å². The van der Waals surface area contributed by atoms with E-state index in [0.29, 0.717) is 5.25 Å². The molecule has 1 N–H and O–H groups in total. The first kappa shape index (κ1) is 13.8. The van der Waals surface area contributed by atoms with Gasteiger partial charge in [0.1, 0.15) is 0 Å². The Bertz CT molecular complexity index is 411. The Morgan fingerprint density at radius 1 is 1.47 bits per heavy atom. The number of hydrogen-bond acceptors (Lipinski definition) is 2. The molecule has 92 valence electrons. The Hall–Kier alpha value is -1.22. The fourth-order valence-electron chi connectivity index (χ4n) is 2.09. The van der Waals surface area contributed by atoms with Gasteiger partial charge in [-0.2, -0.15) is 12.6 Å². The number of fused-ring (bicyclic) bond motifs is 1. The summed E-state index contributed by atoms with van der Waals surface area (Å²) >= 11 is 4.41. The lowest BCUT2D eigenvalue weighted by Crippen LogP contribution is -1.98. The molecule has 0 aliphatic heterocycles. The summed E-state index contributed by atoms with van der Waals surface area (Å²) in [5, 5.41) is 7.33. The SMILES string of the molecule is C=C1Cc2ccc(CC(C)S)cc2C1.O=CO. The van der Waals surface area contributed by atoms with E-state index in [-0.39, 0.29) is 6.47 Å². The summed E-state index contributed by atoms with van der Waals surface area (Å²) in [5.74, 6) is 0. The minimum absolute atomic E-state index is 0.250. The molecule has 1 aliphatic carbocycles. The molecule has 0 spiro atoms. The molecule has 0 fully saturated rings. The molecule has 0 saturated carbocycles. The van der Waals surface area contributed by atoms with Crippen LogP contribution >= 0.6 is 12.6 Å². The molecule has 1 aromatic rings. The van der Waals surface area contributed by atoms with Crippen molar-refractivity contribution in [2.75, 3.05) is 0 Å². The van der Waals surface area contributed by atoms with E-state index < -0.39 is 0 Å². The Morgan fingerprint density at radius 2 is 2.06 bits per heavy atom. The van der Waals surface area contributed by atoms with E-state index in [0.717, 1.165) is 19.3 Å². The lowest BCUT2D eigenvalue weighted by atomic mass is 10.0. The summed E-state index contributed by atoms with van der Waals surface area (Å²) in [6.45, 7) is 5.93. The predicted molar refractivity (Wildman–Crippen MR) is 73.8 cm³/mol. The van der Waals surface area contributed by atoms with Gasteiger partial charge in [0.2, 0.25) is 0 Å². The zero-order valence-corrected chi connectivity index (χ0v) is 10.9. The third kappa shape index (κ3) is 4.27. The molecule has 0 bridgehead atoms. The second kappa shape index (κ2) is 6.50. The molecule has 0 heterocycles. The number of carboxylic acid groups (broad SMARTS) is 1.